The summed E-state index contributed by atoms with van der Waals surface area (Å²) in [5.41, 5.74) is 1.34. The van der Waals surface area contributed by atoms with E-state index in [4.69, 9.17) is 9.15 Å². The maximum absolute atomic E-state index is 12.6. The van der Waals surface area contributed by atoms with Crippen LogP contribution in [0.1, 0.15) is 52.9 Å². The predicted molar refractivity (Wildman–Crippen MR) is 81.8 cm³/mol. The first-order valence-corrected chi connectivity index (χ1v) is 7.54. The highest BCUT2D eigenvalue weighted by Gasteiger charge is 2.32. The van der Waals surface area contributed by atoms with Gasteiger partial charge in [-0.2, -0.15) is 0 Å². The first kappa shape index (κ1) is 15.3. The van der Waals surface area contributed by atoms with Gasteiger partial charge in [0.2, 0.25) is 0 Å². The number of carbonyl (C=O) groups excluding carboxylic acids is 2. The second kappa shape index (κ2) is 6.64. The third-order valence-electron chi connectivity index (χ3n) is 3.90. The molecule has 0 aliphatic heterocycles. The van der Waals surface area contributed by atoms with Gasteiger partial charge in [0, 0.05) is 18.3 Å². The van der Waals surface area contributed by atoms with E-state index < -0.39 is 6.04 Å². The van der Waals surface area contributed by atoms with Crippen LogP contribution >= 0.6 is 0 Å². The summed E-state index contributed by atoms with van der Waals surface area (Å²) in [6.45, 7) is 0. The van der Waals surface area contributed by atoms with Crippen molar-refractivity contribution < 1.29 is 18.7 Å². The second-order valence-electron chi connectivity index (χ2n) is 5.56. The molecule has 1 fully saturated rings. The number of pyridine rings is 1. The molecular weight excluding hydrogens is 296 g/mol. The molecule has 0 saturated heterocycles. The van der Waals surface area contributed by atoms with Crippen molar-refractivity contribution in [2.24, 2.45) is 0 Å². The Hall–Kier alpha value is -2.63. The quantitative estimate of drug-likeness (QED) is 0.829. The molecule has 0 spiro atoms. The molecule has 1 amide bonds. The largest absolute Gasteiger partial charge is 0.469 e. The molecule has 0 aromatic carbocycles. The van der Waals surface area contributed by atoms with E-state index >= 15 is 0 Å². The number of furan rings is 1. The molecule has 1 atom stereocenters. The normalized spacial score (nSPS) is 15.0. The Balaban J connectivity index is 1.78. The summed E-state index contributed by atoms with van der Waals surface area (Å²) in [6, 6.07) is 4.74. The molecule has 120 valence electrons. The van der Waals surface area contributed by atoms with Crippen molar-refractivity contribution >= 4 is 11.9 Å². The number of nitrogens with zero attached hydrogens (tertiary/aromatic N) is 1. The Labute approximate surface area is 133 Å². The Morgan fingerprint density at radius 1 is 1.35 bits per heavy atom. The first-order chi connectivity index (χ1) is 11.2. The van der Waals surface area contributed by atoms with E-state index in [9.17, 15) is 9.59 Å². The maximum atomic E-state index is 12.6. The molecule has 0 radical (unpaired) electrons. The minimum atomic E-state index is -0.472. The van der Waals surface area contributed by atoms with Crippen LogP contribution in [0.4, 0.5) is 0 Å². The monoisotopic (exact) mass is 314 g/mol. The molecule has 2 aromatic rings. The van der Waals surface area contributed by atoms with E-state index in [1.807, 2.05) is 0 Å². The van der Waals surface area contributed by atoms with E-state index in [0.717, 1.165) is 24.2 Å². The lowest BCUT2D eigenvalue weighted by Crippen LogP contribution is -2.30. The number of amides is 1. The van der Waals surface area contributed by atoms with Gasteiger partial charge in [-0.1, -0.05) is 0 Å². The summed E-state index contributed by atoms with van der Waals surface area (Å²) >= 11 is 0. The van der Waals surface area contributed by atoms with Crippen LogP contribution < -0.4 is 5.32 Å². The molecule has 6 nitrogen and oxygen atoms in total. The van der Waals surface area contributed by atoms with Crippen molar-refractivity contribution in [1.29, 1.82) is 0 Å². The van der Waals surface area contributed by atoms with Crippen molar-refractivity contribution in [2.75, 3.05) is 7.11 Å². The molecule has 6 heteroatoms. The third-order valence-corrected chi connectivity index (χ3v) is 3.90. The van der Waals surface area contributed by atoms with Crippen molar-refractivity contribution in [1.82, 2.24) is 10.3 Å². The smallest absolute Gasteiger partial charge is 0.307 e. The van der Waals surface area contributed by atoms with Gasteiger partial charge in [0.25, 0.3) is 5.91 Å². The predicted octanol–water partition coefficient (Wildman–Crippen LogP) is 2.59. The van der Waals surface area contributed by atoms with Gasteiger partial charge in [-0.25, -0.2) is 0 Å². The SMILES string of the molecule is COC(=O)C[C@H](NC(=O)c1ccoc1C1CC1)c1ccncc1. The fourth-order valence-corrected chi connectivity index (χ4v) is 2.50. The van der Waals surface area contributed by atoms with Crippen LogP contribution in [-0.2, 0) is 9.53 Å². The minimum absolute atomic E-state index is 0.0584. The number of methoxy groups -OCH3 is 1. The van der Waals surface area contributed by atoms with Crippen molar-refractivity contribution in [3.8, 4) is 0 Å². The molecule has 0 unspecified atom stereocenters. The Morgan fingerprint density at radius 2 is 2.09 bits per heavy atom. The molecule has 2 heterocycles. The standard InChI is InChI=1S/C17H18N2O4/c1-22-15(20)10-14(11-4-7-18-8-5-11)19-17(21)13-6-9-23-16(13)12-2-3-12/h4-9,12,14H,2-3,10H2,1H3,(H,19,21)/t14-/m0/s1. The van der Waals surface area contributed by atoms with Crippen molar-refractivity contribution in [3.05, 3.63) is 53.7 Å². The van der Waals surface area contributed by atoms with Crippen LogP contribution in [0.15, 0.2) is 41.3 Å². The van der Waals surface area contributed by atoms with Gasteiger partial charge in [-0.15, -0.1) is 0 Å². The number of rotatable bonds is 6. The lowest BCUT2D eigenvalue weighted by Gasteiger charge is -2.18. The first-order valence-electron chi connectivity index (χ1n) is 7.54. The Bertz CT molecular complexity index is 692. The summed E-state index contributed by atoms with van der Waals surface area (Å²) < 4.78 is 10.2. The highest BCUT2D eigenvalue weighted by molar-refractivity contribution is 5.96. The molecule has 1 aliphatic rings. The molecule has 0 bridgehead atoms. The summed E-state index contributed by atoms with van der Waals surface area (Å²) in [5.74, 6) is 0.438. The highest BCUT2D eigenvalue weighted by atomic mass is 16.5. The Morgan fingerprint density at radius 3 is 2.74 bits per heavy atom. The molecule has 23 heavy (non-hydrogen) atoms. The number of esters is 1. The number of nitrogens with one attached hydrogen (secondary N) is 1. The van der Waals surface area contributed by atoms with Crippen LogP contribution in [0.2, 0.25) is 0 Å². The average Bonchev–Trinajstić information content (AvgIpc) is 3.31. The van der Waals surface area contributed by atoms with Crippen LogP contribution in [0.25, 0.3) is 0 Å². The fraction of sp³-hybridized carbons (Fsp3) is 0.353. The number of aromatic nitrogens is 1. The lowest BCUT2D eigenvalue weighted by molar-refractivity contribution is -0.141. The molecule has 3 rings (SSSR count). The third kappa shape index (κ3) is 3.59. The summed E-state index contributed by atoms with van der Waals surface area (Å²) in [7, 11) is 1.33. The van der Waals surface area contributed by atoms with Gasteiger partial charge in [-0.3, -0.25) is 14.6 Å². The van der Waals surface area contributed by atoms with E-state index in [2.05, 4.69) is 10.3 Å². The van der Waals surface area contributed by atoms with Gasteiger partial charge in [0.15, 0.2) is 0 Å². The lowest BCUT2D eigenvalue weighted by atomic mass is 10.0. The van der Waals surface area contributed by atoms with Crippen LogP contribution in [0, 0.1) is 0 Å². The zero-order valence-electron chi connectivity index (χ0n) is 12.8. The number of hydrogen-bond acceptors (Lipinski definition) is 5. The summed E-state index contributed by atoms with van der Waals surface area (Å²) in [6.07, 6.45) is 6.93. The zero-order valence-corrected chi connectivity index (χ0v) is 12.8. The molecule has 1 N–H and O–H groups in total. The minimum Gasteiger partial charge on any atom is -0.469 e. The van der Waals surface area contributed by atoms with Crippen LogP contribution in [0.5, 0.6) is 0 Å². The van der Waals surface area contributed by atoms with E-state index in [1.165, 1.54) is 13.4 Å². The maximum Gasteiger partial charge on any atom is 0.307 e. The topological polar surface area (TPSA) is 81.4 Å². The average molecular weight is 314 g/mol. The van der Waals surface area contributed by atoms with Gasteiger partial charge in [0.1, 0.15) is 5.76 Å². The summed E-state index contributed by atoms with van der Waals surface area (Å²) in [5, 5.41) is 2.90. The van der Waals surface area contributed by atoms with E-state index in [-0.39, 0.29) is 18.3 Å². The second-order valence-corrected chi connectivity index (χ2v) is 5.56. The van der Waals surface area contributed by atoms with E-state index in [0.29, 0.717) is 11.5 Å². The molecule has 2 aromatic heterocycles. The van der Waals surface area contributed by atoms with Crippen LogP contribution in [-0.4, -0.2) is 24.0 Å². The number of carbonyl (C=O) groups is 2. The van der Waals surface area contributed by atoms with Crippen LogP contribution in [0.3, 0.4) is 0 Å². The molecule has 1 saturated carbocycles. The van der Waals surface area contributed by atoms with Crippen molar-refractivity contribution in [3.63, 3.8) is 0 Å². The van der Waals surface area contributed by atoms with E-state index in [1.54, 1.807) is 30.6 Å². The number of ether oxygens (including phenoxy) is 1. The molecular formula is C17H18N2O4. The van der Waals surface area contributed by atoms with Gasteiger partial charge >= 0.3 is 5.97 Å². The van der Waals surface area contributed by atoms with Gasteiger partial charge < -0.3 is 14.5 Å². The number of hydrogen-bond donors (Lipinski definition) is 1. The highest BCUT2D eigenvalue weighted by Crippen LogP contribution is 2.42. The summed E-state index contributed by atoms with van der Waals surface area (Å²) in [4.78, 5) is 28.2. The fourth-order valence-electron chi connectivity index (χ4n) is 2.50. The van der Waals surface area contributed by atoms with Gasteiger partial charge in [-0.05, 0) is 36.6 Å². The van der Waals surface area contributed by atoms with Gasteiger partial charge in [0.05, 0.1) is 31.4 Å². The Kier molecular flexibility index (Phi) is 4.41. The zero-order chi connectivity index (χ0) is 16.2. The molecule has 1 aliphatic carbocycles. The van der Waals surface area contributed by atoms with Crippen molar-refractivity contribution in [2.45, 2.75) is 31.2 Å².